The molecule has 1 aliphatic heterocycles. The highest BCUT2D eigenvalue weighted by atomic mass is 16.5. The minimum absolute atomic E-state index is 0.0535. The number of carbonyl (C=O) groups excluding carboxylic acids is 1. The largest absolute Gasteiger partial charge is 0.493 e. The van der Waals surface area contributed by atoms with Gasteiger partial charge in [0.2, 0.25) is 5.91 Å². The van der Waals surface area contributed by atoms with E-state index in [0.29, 0.717) is 19.8 Å². The number of carbonyl (C=O) groups is 1. The van der Waals surface area contributed by atoms with Crippen molar-refractivity contribution in [1.29, 1.82) is 0 Å². The van der Waals surface area contributed by atoms with Gasteiger partial charge in [0.25, 0.3) is 0 Å². The zero-order chi connectivity index (χ0) is 12.1. The highest BCUT2D eigenvalue weighted by Crippen LogP contribution is 2.33. The van der Waals surface area contributed by atoms with Crippen LogP contribution in [-0.2, 0) is 9.53 Å². The number of para-hydroxylation sites is 1. The van der Waals surface area contributed by atoms with Crippen molar-refractivity contribution < 1.29 is 14.3 Å². The van der Waals surface area contributed by atoms with Gasteiger partial charge in [-0.2, -0.15) is 0 Å². The van der Waals surface area contributed by atoms with Crippen LogP contribution in [0.1, 0.15) is 17.9 Å². The van der Waals surface area contributed by atoms with Gasteiger partial charge in [0.1, 0.15) is 5.75 Å². The number of rotatable bonds is 4. The fraction of sp³-hybridized carbons (Fsp3) is 0.462. The predicted molar refractivity (Wildman–Crippen MR) is 64.2 cm³/mol. The van der Waals surface area contributed by atoms with Gasteiger partial charge in [-0.3, -0.25) is 4.79 Å². The average Bonchev–Trinajstić information content (AvgIpc) is 2.38. The van der Waals surface area contributed by atoms with Crippen molar-refractivity contribution in [2.24, 2.45) is 0 Å². The second-order valence-corrected chi connectivity index (χ2v) is 4.01. The molecule has 1 aromatic carbocycles. The summed E-state index contributed by atoms with van der Waals surface area (Å²) in [4.78, 5) is 12.0. The van der Waals surface area contributed by atoms with Gasteiger partial charge in [-0.25, -0.2) is 0 Å². The Kier molecular flexibility index (Phi) is 3.98. The molecule has 0 aliphatic carbocycles. The fourth-order valence-corrected chi connectivity index (χ4v) is 2.01. The predicted octanol–water partition coefficient (Wildman–Crippen LogP) is 1.32. The van der Waals surface area contributed by atoms with Crippen LogP contribution in [0.4, 0.5) is 0 Å². The zero-order valence-electron chi connectivity index (χ0n) is 9.94. The second kappa shape index (κ2) is 5.68. The zero-order valence-corrected chi connectivity index (χ0v) is 9.94. The molecule has 4 heteroatoms. The van der Waals surface area contributed by atoms with Crippen LogP contribution >= 0.6 is 0 Å². The van der Waals surface area contributed by atoms with Gasteiger partial charge in [0.15, 0.2) is 0 Å². The lowest BCUT2D eigenvalue weighted by molar-refractivity contribution is -0.123. The molecule has 0 saturated carbocycles. The SMILES string of the molecule is COCCNC(=O)C1CCOc2ccccc21. The van der Waals surface area contributed by atoms with E-state index >= 15 is 0 Å². The molecule has 1 heterocycles. The fourth-order valence-electron chi connectivity index (χ4n) is 2.01. The van der Waals surface area contributed by atoms with Gasteiger partial charge < -0.3 is 14.8 Å². The summed E-state index contributed by atoms with van der Waals surface area (Å²) in [5, 5.41) is 2.87. The van der Waals surface area contributed by atoms with E-state index in [1.807, 2.05) is 24.3 Å². The lowest BCUT2D eigenvalue weighted by Gasteiger charge is -2.24. The molecule has 0 aromatic heterocycles. The lowest BCUT2D eigenvalue weighted by Crippen LogP contribution is -2.34. The third kappa shape index (κ3) is 2.77. The molecular weight excluding hydrogens is 218 g/mol. The molecule has 4 nitrogen and oxygen atoms in total. The molecule has 1 unspecified atom stereocenters. The lowest BCUT2D eigenvalue weighted by atomic mass is 9.92. The maximum atomic E-state index is 12.0. The molecule has 0 radical (unpaired) electrons. The Balaban J connectivity index is 2.05. The topological polar surface area (TPSA) is 47.6 Å². The van der Waals surface area contributed by atoms with Crippen LogP contribution in [-0.4, -0.2) is 32.8 Å². The molecule has 17 heavy (non-hydrogen) atoms. The third-order valence-electron chi connectivity index (χ3n) is 2.88. The van der Waals surface area contributed by atoms with Crippen LogP contribution in [0.2, 0.25) is 0 Å². The number of ether oxygens (including phenoxy) is 2. The molecule has 1 N–H and O–H groups in total. The van der Waals surface area contributed by atoms with Gasteiger partial charge in [-0.05, 0) is 12.5 Å². The van der Waals surface area contributed by atoms with Crippen molar-refractivity contribution in [1.82, 2.24) is 5.32 Å². The molecule has 1 aliphatic rings. The first-order valence-corrected chi connectivity index (χ1v) is 5.81. The molecule has 1 amide bonds. The van der Waals surface area contributed by atoms with E-state index in [4.69, 9.17) is 9.47 Å². The molecule has 0 spiro atoms. The van der Waals surface area contributed by atoms with E-state index in [1.165, 1.54) is 0 Å². The van der Waals surface area contributed by atoms with E-state index in [2.05, 4.69) is 5.32 Å². The van der Waals surface area contributed by atoms with Crippen molar-refractivity contribution >= 4 is 5.91 Å². The number of methoxy groups -OCH3 is 1. The number of benzene rings is 1. The number of fused-ring (bicyclic) bond motifs is 1. The van der Waals surface area contributed by atoms with Crippen LogP contribution in [0.3, 0.4) is 0 Å². The monoisotopic (exact) mass is 235 g/mol. The first-order valence-electron chi connectivity index (χ1n) is 5.81. The van der Waals surface area contributed by atoms with E-state index < -0.39 is 0 Å². The average molecular weight is 235 g/mol. The van der Waals surface area contributed by atoms with Crippen molar-refractivity contribution in [2.45, 2.75) is 12.3 Å². The standard InChI is InChI=1S/C13H17NO3/c1-16-9-7-14-13(15)11-6-8-17-12-5-3-2-4-10(11)12/h2-5,11H,6-9H2,1H3,(H,14,15). The van der Waals surface area contributed by atoms with E-state index in [1.54, 1.807) is 7.11 Å². The molecule has 92 valence electrons. The highest BCUT2D eigenvalue weighted by Gasteiger charge is 2.26. The smallest absolute Gasteiger partial charge is 0.227 e. The van der Waals surface area contributed by atoms with Crippen molar-refractivity contribution in [3.63, 3.8) is 0 Å². The normalized spacial score (nSPS) is 18.1. The quantitative estimate of drug-likeness (QED) is 0.801. The third-order valence-corrected chi connectivity index (χ3v) is 2.88. The van der Waals surface area contributed by atoms with Crippen LogP contribution in [0.25, 0.3) is 0 Å². The number of hydrogen-bond donors (Lipinski definition) is 1. The molecule has 0 saturated heterocycles. The van der Waals surface area contributed by atoms with Crippen LogP contribution in [0, 0.1) is 0 Å². The molecule has 0 bridgehead atoms. The summed E-state index contributed by atoms with van der Waals surface area (Å²) < 4.78 is 10.4. The Morgan fingerprint density at radius 2 is 2.35 bits per heavy atom. The Morgan fingerprint density at radius 1 is 1.53 bits per heavy atom. The molecular formula is C13H17NO3. The number of hydrogen-bond acceptors (Lipinski definition) is 3. The van der Waals surface area contributed by atoms with Crippen molar-refractivity contribution in [2.75, 3.05) is 26.9 Å². The van der Waals surface area contributed by atoms with Crippen molar-refractivity contribution in [3.8, 4) is 5.75 Å². The Hall–Kier alpha value is -1.55. The Labute approximate surface area is 101 Å². The summed E-state index contributed by atoms with van der Waals surface area (Å²) in [6, 6.07) is 7.71. The van der Waals surface area contributed by atoms with Crippen molar-refractivity contribution in [3.05, 3.63) is 29.8 Å². The number of amides is 1. The summed E-state index contributed by atoms with van der Waals surface area (Å²) in [7, 11) is 1.62. The van der Waals surface area contributed by atoms with Gasteiger partial charge in [-0.15, -0.1) is 0 Å². The van der Waals surface area contributed by atoms with Crippen LogP contribution in [0.15, 0.2) is 24.3 Å². The van der Waals surface area contributed by atoms with Gasteiger partial charge >= 0.3 is 0 Å². The summed E-state index contributed by atoms with van der Waals surface area (Å²) >= 11 is 0. The van der Waals surface area contributed by atoms with Crippen LogP contribution in [0.5, 0.6) is 5.75 Å². The summed E-state index contributed by atoms with van der Waals surface area (Å²) in [5.41, 5.74) is 0.980. The van der Waals surface area contributed by atoms with Gasteiger partial charge in [-0.1, -0.05) is 18.2 Å². The van der Waals surface area contributed by atoms with Crippen LogP contribution < -0.4 is 10.1 Å². The minimum Gasteiger partial charge on any atom is -0.493 e. The first kappa shape index (κ1) is 11.9. The van der Waals surface area contributed by atoms with Gasteiger partial charge in [0.05, 0.1) is 19.1 Å². The molecule has 2 rings (SSSR count). The Morgan fingerprint density at radius 3 is 3.18 bits per heavy atom. The Bertz CT molecular complexity index is 392. The van der Waals surface area contributed by atoms with E-state index in [0.717, 1.165) is 17.7 Å². The summed E-state index contributed by atoms with van der Waals surface area (Å²) in [5.74, 6) is 0.778. The molecule has 1 atom stereocenters. The molecule has 0 fully saturated rings. The van der Waals surface area contributed by atoms with Gasteiger partial charge in [0, 0.05) is 19.2 Å². The number of nitrogens with one attached hydrogen (secondary N) is 1. The summed E-state index contributed by atoms with van der Waals surface area (Å²) in [6.07, 6.45) is 0.732. The van der Waals surface area contributed by atoms with E-state index in [9.17, 15) is 4.79 Å². The minimum atomic E-state index is -0.100. The second-order valence-electron chi connectivity index (χ2n) is 4.01. The summed E-state index contributed by atoms with van der Waals surface area (Å²) in [6.45, 7) is 1.69. The molecule has 1 aromatic rings. The highest BCUT2D eigenvalue weighted by molar-refractivity contribution is 5.84. The first-order chi connectivity index (χ1) is 8.33. The maximum Gasteiger partial charge on any atom is 0.227 e. The maximum absolute atomic E-state index is 12.0. The van der Waals surface area contributed by atoms with E-state index in [-0.39, 0.29) is 11.8 Å².